The zero-order valence-electron chi connectivity index (χ0n) is 3.86. The average molecular weight is 115 g/mol. The van der Waals surface area contributed by atoms with Crippen LogP contribution in [0.25, 0.3) is 0 Å². The first-order chi connectivity index (χ1) is 2.41. The summed E-state index contributed by atoms with van der Waals surface area (Å²) in [6.07, 6.45) is 6.19. The van der Waals surface area contributed by atoms with Gasteiger partial charge < -0.3 is 0 Å². The van der Waals surface area contributed by atoms with Crippen LogP contribution in [0.2, 0.25) is 0 Å². The zero-order valence-corrected chi connectivity index (χ0v) is 5.42. The van der Waals surface area contributed by atoms with Crippen LogP contribution in [-0.4, -0.2) is 0 Å². The Labute approximate surface area is 53.8 Å². The van der Waals surface area contributed by atoms with Gasteiger partial charge in [0.15, 0.2) is 0 Å². The Hall–Kier alpha value is 0.194. The summed E-state index contributed by atoms with van der Waals surface area (Å²) in [5, 5.41) is 0. The largest absolute Gasteiger partial charge is 0.256 e. The summed E-state index contributed by atoms with van der Waals surface area (Å²) < 4.78 is 0. The first kappa shape index (κ1) is 9.50. The van der Waals surface area contributed by atoms with Crippen LogP contribution in [0.3, 0.4) is 0 Å². The molecule has 0 N–H and O–H groups in total. The van der Waals surface area contributed by atoms with E-state index >= 15 is 0 Å². The molecule has 0 aromatic rings. The van der Waals surface area contributed by atoms with Crippen LogP contribution >= 0.6 is 0 Å². The molecule has 0 aromatic heterocycles. The van der Waals surface area contributed by atoms with Crippen molar-refractivity contribution in [2.24, 2.45) is 0 Å². The van der Waals surface area contributed by atoms with Crippen LogP contribution in [0.15, 0.2) is 18.7 Å². The Kier molecular flexibility index (Phi) is 14.2. The van der Waals surface area contributed by atoms with Gasteiger partial charge in [-0.1, -0.05) is 6.92 Å². The maximum atomic E-state index is 3.41. The van der Waals surface area contributed by atoms with Crippen molar-refractivity contribution in [3.63, 3.8) is 0 Å². The van der Waals surface area contributed by atoms with Crippen LogP contribution in [0.4, 0.5) is 0 Å². The van der Waals surface area contributed by atoms with E-state index in [1.165, 1.54) is 0 Å². The molecule has 0 rings (SSSR count). The van der Waals surface area contributed by atoms with Crippen LogP contribution < -0.4 is 0 Å². The second-order valence-corrected chi connectivity index (χ2v) is 0.659. The Morgan fingerprint density at radius 1 is 1.67 bits per heavy atom. The molecule has 0 spiro atoms. The minimum atomic E-state index is 0. The molecule has 0 aliphatic carbocycles. The molecule has 0 aromatic carbocycles. The molecule has 0 amide bonds. The van der Waals surface area contributed by atoms with Crippen molar-refractivity contribution >= 4 is 0 Å². The number of hydrogen-bond acceptors (Lipinski definition) is 0. The molecular weight excluding hydrogens is 108 g/mol. The molecular formula is C5H7Ti-. The fraction of sp³-hybridized carbons (Fsp3) is 0.200. The van der Waals surface area contributed by atoms with E-state index in [-0.39, 0.29) is 21.7 Å². The fourth-order valence-electron chi connectivity index (χ4n) is 0.118. The summed E-state index contributed by atoms with van der Waals surface area (Å²) in [6.45, 7) is 5.31. The maximum Gasteiger partial charge on any atom is 0 e. The van der Waals surface area contributed by atoms with E-state index in [4.69, 9.17) is 0 Å². The molecule has 0 radical (unpaired) electrons. The van der Waals surface area contributed by atoms with Crippen molar-refractivity contribution in [1.29, 1.82) is 0 Å². The standard InChI is InChI=1S/C5H7.Ti/c1-3-5-4-2;/h3-4H,1H2,2H3;/q-1;. The first-order valence-corrected chi connectivity index (χ1v) is 1.56. The van der Waals surface area contributed by atoms with E-state index in [1.54, 1.807) is 6.08 Å². The summed E-state index contributed by atoms with van der Waals surface area (Å²) in [5.74, 6) is 0. The van der Waals surface area contributed by atoms with E-state index < -0.39 is 0 Å². The van der Waals surface area contributed by atoms with Crippen molar-refractivity contribution in [2.45, 2.75) is 6.92 Å². The Morgan fingerprint density at radius 2 is 2.17 bits per heavy atom. The third-order valence-electron chi connectivity index (χ3n) is 0.285. The average Bonchev–Trinajstić information content (AvgIpc) is 1.41. The molecule has 1 heteroatoms. The van der Waals surface area contributed by atoms with Crippen molar-refractivity contribution in [2.75, 3.05) is 0 Å². The predicted octanol–water partition coefficient (Wildman–Crippen LogP) is 1.55. The molecule has 0 atom stereocenters. The van der Waals surface area contributed by atoms with Crippen LogP contribution in [-0.2, 0) is 21.7 Å². The zero-order chi connectivity index (χ0) is 4.12. The van der Waals surface area contributed by atoms with Gasteiger partial charge in [0.2, 0.25) is 0 Å². The first-order valence-electron chi connectivity index (χ1n) is 1.56. The van der Waals surface area contributed by atoms with E-state index in [1.807, 2.05) is 13.0 Å². The van der Waals surface area contributed by atoms with Gasteiger partial charge in [-0.25, -0.2) is 12.7 Å². The molecule has 0 saturated carbocycles. The Bertz CT molecular complexity index is 45.9. The quantitative estimate of drug-likeness (QED) is 0.276. The normalized spacial score (nSPS) is 7.50. The topological polar surface area (TPSA) is 0 Å². The predicted molar refractivity (Wildman–Crippen MR) is 23.7 cm³/mol. The molecule has 32 valence electrons. The van der Waals surface area contributed by atoms with Crippen molar-refractivity contribution in [3.8, 4) is 0 Å². The van der Waals surface area contributed by atoms with E-state index in [0.29, 0.717) is 0 Å². The molecule has 0 fully saturated rings. The summed E-state index contributed by atoms with van der Waals surface area (Å²) in [7, 11) is 0. The van der Waals surface area contributed by atoms with Crippen LogP contribution in [0, 0.1) is 6.08 Å². The molecule has 0 bridgehead atoms. The monoisotopic (exact) mass is 115 g/mol. The molecule has 0 aliphatic rings. The van der Waals surface area contributed by atoms with Gasteiger partial charge in [-0.05, 0) is 0 Å². The Balaban J connectivity index is 0. The smallest absolute Gasteiger partial charge is 0 e. The van der Waals surface area contributed by atoms with Gasteiger partial charge in [-0.15, -0.1) is 0 Å². The third kappa shape index (κ3) is 8.89. The van der Waals surface area contributed by atoms with Gasteiger partial charge >= 0.3 is 0 Å². The summed E-state index contributed by atoms with van der Waals surface area (Å²) >= 11 is 0. The van der Waals surface area contributed by atoms with Gasteiger partial charge in [0.1, 0.15) is 0 Å². The molecule has 0 heterocycles. The number of allylic oxidation sites excluding steroid dienone is 3. The SMILES string of the molecule is C=C[C-]=CC.[Ti]. The third-order valence-corrected chi connectivity index (χ3v) is 0.285. The van der Waals surface area contributed by atoms with E-state index in [0.717, 1.165) is 0 Å². The van der Waals surface area contributed by atoms with E-state index in [2.05, 4.69) is 12.7 Å². The Morgan fingerprint density at radius 3 is 2.17 bits per heavy atom. The fourth-order valence-corrected chi connectivity index (χ4v) is 0.118. The molecule has 0 unspecified atom stereocenters. The van der Waals surface area contributed by atoms with Crippen LogP contribution in [0.5, 0.6) is 0 Å². The summed E-state index contributed by atoms with van der Waals surface area (Å²) in [5.41, 5.74) is 0. The molecule has 6 heavy (non-hydrogen) atoms. The minimum absolute atomic E-state index is 0. The summed E-state index contributed by atoms with van der Waals surface area (Å²) in [4.78, 5) is 0. The van der Waals surface area contributed by atoms with Gasteiger partial charge in [0.05, 0.1) is 0 Å². The van der Waals surface area contributed by atoms with Crippen molar-refractivity contribution in [1.82, 2.24) is 0 Å². The van der Waals surface area contributed by atoms with Crippen molar-refractivity contribution in [3.05, 3.63) is 24.8 Å². The summed E-state index contributed by atoms with van der Waals surface area (Å²) in [6, 6.07) is 0. The van der Waals surface area contributed by atoms with Gasteiger partial charge in [0, 0.05) is 21.7 Å². The second kappa shape index (κ2) is 8.96. The van der Waals surface area contributed by atoms with Crippen molar-refractivity contribution < 1.29 is 21.7 Å². The van der Waals surface area contributed by atoms with Crippen LogP contribution in [0.1, 0.15) is 6.92 Å². The molecule has 0 nitrogen and oxygen atoms in total. The second-order valence-electron chi connectivity index (χ2n) is 0.659. The van der Waals surface area contributed by atoms with Gasteiger partial charge in [-0.3, -0.25) is 6.08 Å². The van der Waals surface area contributed by atoms with Gasteiger partial charge in [-0.2, -0.15) is 6.08 Å². The van der Waals surface area contributed by atoms with Gasteiger partial charge in [0.25, 0.3) is 0 Å². The number of hydrogen-bond donors (Lipinski definition) is 0. The molecule has 0 saturated heterocycles. The maximum absolute atomic E-state index is 3.41. The number of rotatable bonds is 1. The minimum Gasteiger partial charge on any atom is -0.256 e. The molecule has 0 aliphatic heterocycles. The van der Waals surface area contributed by atoms with E-state index in [9.17, 15) is 0 Å².